The lowest BCUT2D eigenvalue weighted by Crippen LogP contribution is -1.59. The van der Waals surface area contributed by atoms with E-state index >= 15 is 0 Å². The first-order valence-electron chi connectivity index (χ1n) is 2.12. The molecule has 0 aliphatic heterocycles. The van der Waals surface area contributed by atoms with Crippen LogP contribution in [0.15, 0.2) is 0 Å². The first-order chi connectivity index (χ1) is 2.41. The van der Waals surface area contributed by atoms with Crippen LogP contribution in [0.2, 0.25) is 0 Å². The van der Waals surface area contributed by atoms with Crippen LogP contribution in [0.1, 0.15) is 13.8 Å². The molecule has 0 saturated heterocycles. The van der Waals surface area contributed by atoms with E-state index in [1.807, 2.05) is 0 Å². The van der Waals surface area contributed by atoms with Crippen molar-refractivity contribution in [2.45, 2.75) is 13.8 Å². The fourth-order valence-electron chi connectivity index (χ4n) is 0.250. The third-order valence-electron chi connectivity index (χ3n) is 0.500. The average molecular weight is 199 g/mol. The number of hydrogen-bond acceptors (Lipinski definition) is 0. The van der Waals surface area contributed by atoms with E-state index < -0.39 is 0 Å². The summed E-state index contributed by atoms with van der Waals surface area (Å²) in [5.74, 6) is 0. The monoisotopic (exact) mass is 198 g/mol. The second kappa shape index (κ2) is 23.9. The zero-order chi connectivity index (χ0) is 4.12. The van der Waals surface area contributed by atoms with Gasteiger partial charge in [-0.15, -0.1) is 45.8 Å². The molecule has 0 aromatic rings. The first kappa shape index (κ1) is 22.8. The Balaban J connectivity index is -0.0000000267. The molecule has 0 fully saturated rings. The van der Waals surface area contributed by atoms with E-state index in [1.165, 1.54) is 20.9 Å². The maximum absolute atomic E-state index is 2.22. The number of halogens is 3. The zero-order valence-electron chi connectivity index (χ0n) is 5.14. The molecule has 0 saturated carbocycles. The molecule has 0 aliphatic rings. The van der Waals surface area contributed by atoms with E-state index in [9.17, 15) is 0 Å². The van der Waals surface area contributed by atoms with Gasteiger partial charge in [0.15, 0.2) is 0 Å². The predicted molar refractivity (Wildman–Crippen MR) is 51.1 cm³/mol. The van der Waals surface area contributed by atoms with Gasteiger partial charge in [-0.2, -0.15) is 0 Å². The standard InChI is InChI=1S/C4H11P.3ClH/c1-3-5-4-2;;;/h5H,3-4H2,1-2H3;3*1H. The first-order valence-corrected chi connectivity index (χ1v) is 3.54. The van der Waals surface area contributed by atoms with Gasteiger partial charge in [-0.1, -0.05) is 13.8 Å². The van der Waals surface area contributed by atoms with Gasteiger partial charge in [0.1, 0.15) is 0 Å². The van der Waals surface area contributed by atoms with Crippen LogP contribution in [0.4, 0.5) is 0 Å². The molecule has 0 aromatic carbocycles. The Morgan fingerprint density at radius 1 is 0.875 bits per heavy atom. The molecule has 8 heavy (non-hydrogen) atoms. The highest BCUT2D eigenvalue weighted by atomic mass is 35.5. The van der Waals surface area contributed by atoms with Gasteiger partial charge in [-0.3, -0.25) is 0 Å². The van der Waals surface area contributed by atoms with E-state index in [1.54, 1.807) is 0 Å². The number of rotatable bonds is 2. The minimum absolute atomic E-state index is 0. The van der Waals surface area contributed by atoms with Crippen molar-refractivity contribution in [1.82, 2.24) is 0 Å². The maximum atomic E-state index is 2.22. The van der Waals surface area contributed by atoms with Gasteiger partial charge in [-0.25, -0.2) is 0 Å². The molecule has 0 amide bonds. The molecule has 0 nitrogen and oxygen atoms in total. The average Bonchev–Trinajstić information content (AvgIpc) is 1.41. The van der Waals surface area contributed by atoms with Crippen LogP contribution in [-0.4, -0.2) is 12.3 Å². The van der Waals surface area contributed by atoms with Gasteiger partial charge in [0, 0.05) is 0 Å². The maximum Gasteiger partial charge on any atom is -0.0382 e. The molecular weight excluding hydrogens is 185 g/mol. The summed E-state index contributed by atoms with van der Waals surface area (Å²) in [4.78, 5) is 0. The SMILES string of the molecule is CCPCC.Cl.Cl.Cl. The topological polar surface area (TPSA) is 0 Å². The molecule has 0 heterocycles. The van der Waals surface area contributed by atoms with Crippen LogP contribution in [0.5, 0.6) is 0 Å². The molecule has 0 N–H and O–H groups in total. The van der Waals surface area contributed by atoms with Gasteiger partial charge < -0.3 is 0 Å². The van der Waals surface area contributed by atoms with Gasteiger partial charge in [0.2, 0.25) is 0 Å². The van der Waals surface area contributed by atoms with Crippen LogP contribution in [0.25, 0.3) is 0 Å². The molecule has 56 valence electrons. The molecular formula is C4H14Cl3P. The van der Waals surface area contributed by atoms with Gasteiger partial charge in [0.25, 0.3) is 0 Å². The van der Waals surface area contributed by atoms with Crippen LogP contribution < -0.4 is 0 Å². The molecule has 0 aromatic heterocycles. The minimum Gasteiger partial charge on any atom is -0.147 e. The quantitative estimate of drug-likeness (QED) is 0.600. The predicted octanol–water partition coefficient (Wildman–Crippen LogP) is 2.97. The van der Waals surface area contributed by atoms with Gasteiger partial charge in [-0.05, 0) is 12.3 Å². The lowest BCUT2D eigenvalue weighted by Gasteiger charge is -1.80. The molecule has 0 bridgehead atoms. The van der Waals surface area contributed by atoms with Crippen molar-refractivity contribution < 1.29 is 0 Å². The summed E-state index contributed by atoms with van der Waals surface area (Å²) in [6, 6.07) is 0. The van der Waals surface area contributed by atoms with E-state index in [2.05, 4.69) is 13.8 Å². The number of hydrogen-bond donors (Lipinski definition) is 0. The van der Waals surface area contributed by atoms with Crippen LogP contribution >= 0.6 is 45.8 Å². The Kier molecular flexibility index (Phi) is 68.2. The molecule has 0 spiro atoms. The van der Waals surface area contributed by atoms with Crippen LogP contribution in [0, 0.1) is 0 Å². The summed E-state index contributed by atoms with van der Waals surface area (Å²) in [6.45, 7) is 4.45. The summed E-state index contributed by atoms with van der Waals surface area (Å²) in [5, 5.41) is 0. The summed E-state index contributed by atoms with van der Waals surface area (Å²) in [5.41, 5.74) is 0. The van der Waals surface area contributed by atoms with Crippen molar-refractivity contribution >= 4 is 45.8 Å². The van der Waals surface area contributed by atoms with Crippen molar-refractivity contribution in [1.29, 1.82) is 0 Å². The summed E-state index contributed by atoms with van der Waals surface area (Å²) < 4.78 is 0. The fraction of sp³-hybridized carbons (Fsp3) is 1.00. The molecule has 4 heteroatoms. The normalized spacial score (nSPS) is 5.25. The highest BCUT2D eigenvalue weighted by Gasteiger charge is 1.66. The third-order valence-corrected chi connectivity index (χ3v) is 1.50. The Hall–Kier alpha value is 1.30. The minimum atomic E-state index is 0. The molecule has 0 rings (SSSR count). The second-order valence-corrected chi connectivity index (χ2v) is 2.87. The highest BCUT2D eigenvalue weighted by Crippen LogP contribution is 2.03. The second-order valence-electron chi connectivity index (χ2n) is 0.957. The van der Waals surface area contributed by atoms with Crippen LogP contribution in [0.3, 0.4) is 0 Å². The Morgan fingerprint density at radius 2 is 1.12 bits per heavy atom. The summed E-state index contributed by atoms with van der Waals surface area (Å²) in [7, 11) is 1.20. The Morgan fingerprint density at radius 3 is 1.12 bits per heavy atom. The highest BCUT2D eigenvalue weighted by molar-refractivity contribution is 7.37. The summed E-state index contributed by atoms with van der Waals surface area (Å²) >= 11 is 0. The molecule has 0 aliphatic carbocycles. The summed E-state index contributed by atoms with van der Waals surface area (Å²) in [6.07, 6.45) is 2.74. The Bertz CT molecular complexity index is 18.8. The van der Waals surface area contributed by atoms with Crippen molar-refractivity contribution in [2.24, 2.45) is 0 Å². The zero-order valence-corrected chi connectivity index (χ0v) is 8.59. The van der Waals surface area contributed by atoms with Gasteiger partial charge >= 0.3 is 0 Å². The molecule has 0 radical (unpaired) electrons. The molecule has 0 unspecified atom stereocenters. The van der Waals surface area contributed by atoms with Crippen molar-refractivity contribution in [3.8, 4) is 0 Å². The van der Waals surface area contributed by atoms with E-state index in [0.29, 0.717) is 0 Å². The smallest absolute Gasteiger partial charge is 0.0382 e. The lowest BCUT2D eigenvalue weighted by molar-refractivity contribution is 1.44. The van der Waals surface area contributed by atoms with Gasteiger partial charge in [0.05, 0.1) is 0 Å². The third kappa shape index (κ3) is 26.6. The van der Waals surface area contributed by atoms with Crippen molar-refractivity contribution in [3.63, 3.8) is 0 Å². The van der Waals surface area contributed by atoms with Crippen LogP contribution in [-0.2, 0) is 0 Å². The lowest BCUT2D eigenvalue weighted by atomic mass is 11.0. The van der Waals surface area contributed by atoms with Crippen molar-refractivity contribution in [2.75, 3.05) is 12.3 Å². The fourth-order valence-corrected chi connectivity index (χ4v) is 0.750. The van der Waals surface area contributed by atoms with Crippen molar-refractivity contribution in [3.05, 3.63) is 0 Å². The van der Waals surface area contributed by atoms with E-state index in [-0.39, 0.29) is 37.2 Å². The molecule has 0 atom stereocenters. The van der Waals surface area contributed by atoms with E-state index in [4.69, 9.17) is 0 Å². The van der Waals surface area contributed by atoms with E-state index in [0.717, 1.165) is 0 Å². The Labute approximate surface area is 72.2 Å². The largest absolute Gasteiger partial charge is 0.147 e.